The summed E-state index contributed by atoms with van der Waals surface area (Å²) in [5.74, 6) is 1.11. The molecule has 3 aliphatic heterocycles. The van der Waals surface area contributed by atoms with Crippen molar-refractivity contribution in [2.24, 2.45) is 5.41 Å². The predicted molar refractivity (Wildman–Crippen MR) is 143 cm³/mol. The Bertz CT molecular complexity index is 1440. The topological polar surface area (TPSA) is 94.2 Å². The highest BCUT2D eigenvalue weighted by Crippen LogP contribution is 2.43. The lowest BCUT2D eigenvalue weighted by molar-refractivity contribution is -0.141. The molecule has 0 bridgehead atoms. The number of aromatic nitrogens is 6. The molecule has 3 aliphatic rings. The van der Waals surface area contributed by atoms with E-state index >= 15 is 0 Å². The van der Waals surface area contributed by atoms with Crippen molar-refractivity contribution in [3.8, 4) is 0 Å². The number of alkyl halides is 3. The van der Waals surface area contributed by atoms with Crippen molar-refractivity contribution in [2.45, 2.75) is 77.7 Å². The fraction of sp³-hybridized carbons (Fsp3) is 0.667. The number of hydrogen-bond acceptors (Lipinski definition) is 8. The first kappa shape index (κ1) is 27.0. The van der Waals surface area contributed by atoms with Gasteiger partial charge in [0.05, 0.1) is 6.20 Å². The second-order valence-corrected chi connectivity index (χ2v) is 11.3. The summed E-state index contributed by atoms with van der Waals surface area (Å²) in [6.07, 6.45) is 3.16. The summed E-state index contributed by atoms with van der Waals surface area (Å²) in [5.41, 5.74) is -0.452. The predicted octanol–water partition coefficient (Wildman–Crippen LogP) is 4.32. The van der Waals surface area contributed by atoms with Crippen LogP contribution in [-0.2, 0) is 17.5 Å². The van der Waals surface area contributed by atoms with E-state index in [1.54, 1.807) is 15.4 Å². The van der Waals surface area contributed by atoms with E-state index in [1.807, 2.05) is 11.8 Å². The normalized spacial score (nSPS) is 21.6. The fourth-order valence-electron chi connectivity index (χ4n) is 6.38. The largest absolute Gasteiger partial charge is 0.433 e. The van der Waals surface area contributed by atoms with Gasteiger partial charge in [-0.2, -0.15) is 23.3 Å². The first-order valence-electron chi connectivity index (χ1n) is 14.2. The fourth-order valence-corrected chi connectivity index (χ4v) is 6.38. The van der Waals surface area contributed by atoms with E-state index in [-0.39, 0.29) is 23.0 Å². The zero-order valence-electron chi connectivity index (χ0n) is 23.0. The molecule has 0 N–H and O–H groups in total. The number of hydrogen-bond donors (Lipinski definition) is 0. The Morgan fingerprint density at radius 2 is 1.82 bits per heavy atom. The van der Waals surface area contributed by atoms with Gasteiger partial charge in [0.2, 0.25) is 5.95 Å². The maximum absolute atomic E-state index is 13.6. The molecule has 0 saturated carbocycles. The summed E-state index contributed by atoms with van der Waals surface area (Å²) in [7, 11) is 0. The van der Waals surface area contributed by atoms with Crippen molar-refractivity contribution in [2.75, 3.05) is 42.6 Å². The molecule has 10 nitrogen and oxygen atoms in total. The Balaban J connectivity index is 1.24. The standard InChI is InChI=1S/C27H35F3N8O2/c1-3-10-37-24(39)19-16-31-38(22-6-4-5-14-40-22)23(19)34-25(37)35-11-7-26(8-12-35)9-13-36(17-26)21-15-20(27(28,29)30)32-18(2)33-21/h15-16,22H,3-14,17H2,1-2H3. The minimum absolute atomic E-state index is 0.0224. The van der Waals surface area contributed by atoms with Crippen molar-refractivity contribution in [1.29, 1.82) is 0 Å². The Labute approximate surface area is 230 Å². The molecule has 3 aromatic rings. The number of halogens is 3. The monoisotopic (exact) mass is 560 g/mol. The van der Waals surface area contributed by atoms with Crippen molar-refractivity contribution < 1.29 is 17.9 Å². The third-order valence-corrected chi connectivity index (χ3v) is 8.55. The first-order chi connectivity index (χ1) is 19.2. The maximum atomic E-state index is 13.6. The molecule has 1 unspecified atom stereocenters. The SMILES string of the molecule is CCCn1c(N2CCC3(CCN(c4cc(C(F)(F)F)nc(C)n4)C3)CC2)nc2c(cnn2C2CCCCO2)c1=O. The second kappa shape index (κ2) is 10.3. The van der Waals surface area contributed by atoms with Crippen LogP contribution in [0.2, 0.25) is 0 Å². The van der Waals surface area contributed by atoms with Gasteiger partial charge in [-0.3, -0.25) is 9.36 Å². The van der Waals surface area contributed by atoms with Crippen LogP contribution >= 0.6 is 0 Å². The highest BCUT2D eigenvalue weighted by atomic mass is 19.4. The van der Waals surface area contributed by atoms with Gasteiger partial charge >= 0.3 is 6.18 Å². The molecule has 3 fully saturated rings. The minimum Gasteiger partial charge on any atom is -0.356 e. The van der Waals surface area contributed by atoms with Gasteiger partial charge in [-0.15, -0.1) is 0 Å². The van der Waals surface area contributed by atoms with Crippen LogP contribution in [0.4, 0.5) is 24.9 Å². The Kier molecular flexibility index (Phi) is 6.96. The quantitative estimate of drug-likeness (QED) is 0.456. The lowest BCUT2D eigenvalue weighted by Gasteiger charge is -2.40. The number of piperidine rings is 1. The van der Waals surface area contributed by atoms with Crippen LogP contribution in [0.1, 0.15) is 69.6 Å². The van der Waals surface area contributed by atoms with Crippen molar-refractivity contribution in [3.05, 3.63) is 34.1 Å². The third-order valence-electron chi connectivity index (χ3n) is 8.55. The van der Waals surface area contributed by atoms with E-state index in [1.165, 1.54) is 6.92 Å². The van der Waals surface area contributed by atoms with Crippen molar-refractivity contribution in [3.63, 3.8) is 0 Å². The third kappa shape index (κ3) is 4.92. The zero-order chi connectivity index (χ0) is 28.1. The Hall–Kier alpha value is -3.22. The molecule has 216 valence electrons. The van der Waals surface area contributed by atoms with Crippen LogP contribution in [0.5, 0.6) is 0 Å². The summed E-state index contributed by atoms with van der Waals surface area (Å²) in [6, 6.07) is 1.06. The summed E-state index contributed by atoms with van der Waals surface area (Å²) in [6.45, 7) is 7.48. The van der Waals surface area contributed by atoms with Crippen LogP contribution in [0.15, 0.2) is 17.1 Å². The molecule has 3 saturated heterocycles. The maximum Gasteiger partial charge on any atom is 0.433 e. The molecule has 1 atom stereocenters. The molecule has 13 heteroatoms. The number of anilines is 2. The van der Waals surface area contributed by atoms with E-state index in [0.29, 0.717) is 62.1 Å². The average molecular weight is 561 g/mol. The molecular weight excluding hydrogens is 525 g/mol. The van der Waals surface area contributed by atoms with Gasteiger partial charge in [-0.05, 0) is 57.3 Å². The van der Waals surface area contributed by atoms with Crippen LogP contribution in [0.25, 0.3) is 11.0 Å². The second-order valence-electron chi connectivity index (χ2n) is 11.3. The molecule has 0 aromatic carbocycles. The van der Waals surface area contributed by atoms with Gasteiger partial charge in [0, 0.05) is 45.4 Å². The van der Waals surface area contributed by atoms with E-state index < -0.39 is 11.9 Å². The zero-order valence-corrected chi connectivity index (χ0v) is 23.0. The van der Waals surface area contributed by atoms with Gasteiger partial charge in [0.1, 0.15) is 22.7 Å². The first-order valence-corrected chi connectivity index (χ1v) is 14.2. The Morgan fingerprint density at radius 3 is 2.50 bits per heavy atom. The Morgan fingerprint density at radius 1 is 1.07 bits per heavy atom. The van der Waals surface area contributed by atoms with Crippen molar-refractivity contribution >= 4 is 22.8 Å². The number of aryl methyl sites for hydroxylation is 1. The van der Waals surface area contributed by atoms with Gasteiger partial charge in [-0.25, -0.2) is 14.6 Å². The molecule has 1 spiro atoms. The molecule has 0 aliphatic carbocycles. The van der Waals surface area contributed by atoms with E-state index in [0.717, 1.165) is 51.0 Å². The van der Waals surface area contributed by atoms with Gasteiger partial charge in [-0.1, -0.05) is 6.92 Å². The van der Waals surface area contributed by atoms with E-state index in [9.17, 15) is 18.0 Å². The average Bonchev–Trinajstić information content (AvgIpc) is 3.55. The number of nitrogens with zero attached hydrogens (tertiary/aromatic N) is 8. The number of fused-ring (bicyclic) bond motifs is 1. The van der Waals surface area contributed by atoms with E-state index in [4.69, 9.17) is 9.72 Å². The van der Waals surface area contributed by atoms with Crippen molar-refractivity contribution in [1.82, 2.24) is 29.3 Å². The molecular formula is C27H35F3N8O2. The molecule has 0 amide bonds. The molecule has 6 heterocycles. The number of ether oxygens (including phenoxy) is 1. The smallest absolute Gasteiger partial charge is 0.356 e. The summed E-state index contributed by atoms with van der Waals surface area (Å²) < 4.78 is 49.5. The lowest BCUT2D eigenvalue weighted by Crippen LogP contribution is -2.44. The van der Waals surface area contributed by atoms with Crippen LogP contribution in [-0.4, -0.2) is 62.1 Å². The van der Waals surface area contributed by atoms with Crippen LogP contribution < -0.4 is 15.4 Å². The highest BCUT2D eigenvalue weighted by molar-refractivity contribution is 5.75. The summed E-state index contributed by atoms with van der Waals surface area (Å²) in [4.78, 5) is 30.6. The van der Waals surface area contributed by atoms with Crippen LogP contribution in [0, 0.1) is 12.3 Å². The summed E-state index contributed by atoms with van der Waals surface area (Å²) >= 11 is 0. The lowest BCUT2D eigenvalue weighted by atomic mass is 9.78. The minimum atomic E-state index is -4.51. The molecule has 6 rings (SSSR count). The molecule has 0 radical (unpaired) electrons. The van der Waals surface area contributed by atoms with Crippen LogP contribution in [0.3, 0.4) is 0 Å². The number of rotatable bonds is 5. The highest BCUT2D eigenvalue weighted by Gasteiger charge is 2.42. The van der Waals surface area contributed by atoms with Gasteiger partial charge < -0.3 is 14.5 Å². The van der Waals surface area contributed by atoms with Gasteiger partial charge in [0.15, 0.2) is 11.9 Å². The van der Waals surface area contributed by atoms with Gasteiger partial charge in [0.25, 0.3) is 5.56 Å². The van der Waals surface area contributed by atoms with E-state index in [2.05, 4.69) is 20.0 Å². The summed E-state index contributed by atoms with van der Waals surface area (Å²) in [5, 5.41) is 5.01. The molecule has 40 heavy (non-hydrogen) atoms. The molecule has 3 aromatic heterocycles.